The van der Waals surface area contributed by atoms with E-state index in [9.17, 15) is 0 Å². The van der Waals surface area contributed by atoms with E-state index in [4.69, 9.17) is 0 Å². The van der Waals surface area contributed by atoms with E-state index in [0.717, 1.165) is 21.3 Å². The molecule has 0 saturated carbocycles. The number of thiophene rings is 1. The van der Waals surface area contributed by atoms with Crippen molar-refractivity contribution in [3.8, 4) is 0 Å². The summed E-state index contributed by atoms with van der Waals surface area (Å²) in [4.78, 5) is 9.28. The molecule has 0 aromatic carbocycles. The fraction of sp³-hybridized carbons (Fsp3) is 0.111. The highest BCUT2D eigenvalue weighted by Gasteiger charge is 2.01. The maximum Gasteiger partial charge on any atom is 0.144 e. The topological polar surface area (TPSA) is 37.8 Å². The van der Waals surface area contributed by atoms with Gasteiger partial charge in [-0.3, -0.25) is 0 Å². The number of rotatable bonds is 3. The predicted molar refractivity (Wildman–Crippen MR) is 69.1 cm³/mol. The van der Waals surface area contributed by atoms with E-state index in [2.05, 4.69) is 58.6 Å². The highest BCUT2D eigenvalue weighted by atomic mass is 79.9. The molecule has 2 aromatic rings. The summed E-state index contributed by atoms with van der Waals surface area (Å²) in [5.74, 6) is 0.814. The van der Waals surface area contributed by atoms with Crippen LogP contribution in [0.1, 0.15) is 4.88 Å². The summed E-state index contributed by atoms with van der Waals surface area (Å²) in [5.41, 5.74) is 0. The summed E-state index contributed by atoms with van der Waals surface area (Å²) >= 11 is 8.51. The van der Waals surface area contributed by atoms with Gasteiger partial charge in [-0.1, -0.05) is 0 Å². The van der Waals surface area contributed by atoms with Crippen molar-refractivity contribution in [3.05, 3.63) is 37.8 Å². The first-order valence-electron chi connectivity index (χ1n) is 4.18. The van der Waals surface area contributed by atoms with E-state index in [1.807, 2.05) is 0 Å². The van der Waals surface area contributed by atoms with Gasteiger partial charge < -0.3 is 5.32 Å². The second kappa shape index (κ2) is 5.05. The van der Waals surface area contributed by atoms with Crippen molar-refractivity contribution in [2.75, 3.05) is 5.32 Å². The predicted octanol–water partition coefficient (Wildman–Crippen LogP) is 3.68. The summed E-state index contributed by atoms with van der Waals surface area (Å²) in [6, 6.07) is 2.09. The summed E-state index contributed by atoms with van der Waals surface area (Å²) in [5, 5.41) is 5.30. The Hall–Kier alpha value is -0.460. The summed E-state index contributed by atoms with van der Waals surface area (Å²) in [6.45, 7) is 0.770. The molecule has 0 unspecified atom stereocenters. The molecule has 2 heterocycles. The van der Waals surface area contributed by atoms with Crippen LogP contribution in [0.15, 0.2) is 32.9 Å². The molecule has 1 N–H and O–H groups in total. The summed E-state index contributed by atoms with van der Waals surface area (Å²) in [7, 11) is 0. The first-order chi connectivity index (χ1) is 7.25. The third-order valence-corrected chi connectivity index (χ3v) is 4.00. The van der Waals surface area contributed by atoms with Crippen LogP contribution in [0.5, 0.6) is 0 Å². The molecule has 0 fully saturated rings. The number of halogens is 2. The van der Waals surface area contributed by atoms with Crippen molar-refractivity contribution < 1.29 is 0 Å². The molecule has 0 amide bonds. The first-order valence-corrected chi connectivity index (χ1v) is 6.64. The van der Waals surface area contributed by atoms with Gasteiger partial charge in [0, 0.05) is 20.9 Å². The molecule has 6 heteroatoms. The van der Waals surface area contributed by atoms with Crippen LogP contribution in [-0.4, -0.2) is 9.97 Å². The molecular formula is C9H7Br2N3S. The average molecular weight is 349 g/mol. The van der Waals surface area contributed by atoms with Gasteiger partial charge in [-0.05, 0) is 37.9 Å². The Morgan fingerprint density at radius 2 is 2.27 bits per heavy atom. The van der Waals surface area contributed by atoms with Gasteiger partial charge in [0.1, 0.15) is 12.1 Å². The third-order valence-electron chi connectivity index (χ3n) is 1.72. The van der Waals surface area contributed by atoms with Crippen LogP contribution >= 0.6 is 43.2 Å². The van der Waals surface area contributed by atoms with Crippen molar-refractivity contribution >= 4 is 49.0 Å². The molecule has 0 aliphatic rings. The van der Waals surface area contributed by atoms with Crippen molar-refractivity contribution in [2.24, 2.45) is 0 Å². The average Bonchev–Trinajstić information content (AvgIpc) is 2.63. The Morgan fingerprint density at radius 1 is 1.40 bits per heavy atom. The number of hydrogen-bond donors (Lipinski definition) is 1. The molecule has 0 saturated heterocycles. The fourth-order valence-corrected chi connectivity index (χ4v) is 2.81. The van der Waals surface area contributed by atoms with E-state index in [-0.39, 0.29) is 0 Å². The van der Waals surface area contributed by atoms with Crippen molar-refractivity contribution in [3.63, 3.8) is 0 Å². The van der Waals surface area contributed by atoms with Crippen LogP contribution in [0.25, 0.3) is 0 Å². The molecular weight excluding hydrogens is 342 g/mol. The zero-order chi connectivity index (χ0) is 10.7. The van der Waals surface area contributed by atoms with E-state index in [1.165, 1.54) is 11.2 Å². The van der Waals surface area contributed by atoms with Crippen LogP contribution < -0.4 is 5.32 Å². The van der Waals surface area contributed by atoms with Gasteiger partial charge >= 0.3 is 0 Å². The van der Waals surface area contributed by atoms with Gasteiger partial charge in [-0.15, -0.1) is 11.3 Å². The molecule has 78 valence electrons. The monoisotopic (exact) mass is 347 g/mol. The summed E-state index contributed by atoms with van der Waals surface area (Å²) < 4.78 is 1.99. The van der Waals surface area contributed by atoms with E-state index >= 15 is 0 Å². The SMILES string of the molecule is Brc1csc(CNc2ncncc2Br)c1. The van der Waals surface area contributed by atoms with Gasteiger partial charge in [0.25, 0.3) is 0 Å². The van der Waals surface area contributed by atoms with Gasteiger partial charge in [0.2, 0.25) is 0 Å². The van der Waals surface area contributed by atoms with E-state index < -0.39 is 0 Å². The van der Waals surface area contributed by atoms with Gasteiger partial charge in [-0.25, -0.2) is 9.97 Å². The molecule has 0 radical (unpaired) electrons. The quantitative estimate of drug-likeness (QED) is 0.919. The minimum atomic E-state index is 0.770. The molecule has 0 bridgehead atoms. The fourth-order valence-electron chi connectivity index (χ4n) is 1.06. The smallest absolute Gasteiger partial charge is 0.144 e. The Labute approximate surface area is 108 Å². The molecule has 0 aliphatic heterocycles. The number of anilines is 1. The zero-order valence-corrected chi connectivity index (χ0v) is 11.6. The normalized spacial score (nSPS) is 10.3. The van der Waals surface area contributed by atoms with E-state index in [1.54, 1.807) is 17.5 Å². The number of nitrogens with zero attached hydrogens (tertiary/aromatic N) is 2. The highest BCUT2D eigenvalue weighted by Crippen LogP contribution is 2.22. The van der Waals surface area contributed by atoms with Crippen LogP contribution in [-0.2, 0) is 6.54 Å². The molecule has 3 nitrogen and oxygen atoms in total. The lowest BCUT2D eigenvalue weighted by molar-refractivity contribution is 1.09. The summed E-state index contributed by atoms with van der Waals surface area (Å²) in [6.07, 6.45) is 3.25. The van der Waals surface area contributed by atoms with Crippen LogP contribution in [0.4, 0.5) is 5.82 Å². The van der Waals surface area contributed by atoms with Gasteiger partial charge in [0.05, 0.1) is 11.0 Å². The molecule has 15 heavy (non-hydrogen) atoms. The van der Waals surface area contributed by atoms with Gasteiger partial charge in [-0.2, -0.15) is 0 Å². The zero-order valence-electron chi connectivity index (χ0n) is 7.58. The highest BCUT2D eigenvalue weighted by molar-refractivity contribution is 9.10. The Kier molecular flexibility index (Phi) is 3.71. The molecule has 0 spiro atoms. The minimum absolute atomic E-state index is 0.770. The standard InChI is InChI=1S/C9H7Br2N3S/c10-6-1-7(15-4-6)2-13-9-8(11)3-12-5-14-9/h1,3-5H,2H2,(H,12,13,14). The lowest BCUT2D eigenvalue weighted by Gasteiger charge is -2.04. The van der Waals surface area contributed by atoms with Crippen molar-refractivity contribution in [1.29, 1.82) is 0 Å². The van der Waals surface area contributed by atoms with E-state index in [0.29, 0.717) is 0 Å². The second-order valence-electron chi connectivity index (χ2n) is 2.80. The Balaban J connectivity index is 2.02. The van der Waals surface area contributed by atoms with Crippen molar-refractivity contribution in [1.82, 2.24) is 9.97 Å². The lowest BCUT2D eigenvalue weighted by atomic mass is 10.4. The minimum Gasteiger partial charge on any atom is -0.364 e. The molecule has 0 atom stereocenters. The maximum atomic E-state index is 4.12. The second-order valence-corrected chi connectivity index (χ2v) is 5.57. The van der Waals surface area contributed by atoms with Crippen LogP contribution in [0.2, 0.25) is 0 Å². The molecule has 0 aliphatic carbocycles. The van der Waals surface area contributed by atoms with Gasteiger partial charge in [0.15, 0.2) is 0 Å². The number of nitrogens with one attached hydrogen (secondary N) is 1. The van der Waals surface area contributed by atoms with Crippen LogP contribution in [0.3, 0.4) is 0 Å². The maximum absolute atomic E-state index is 4.12. The molecule has 2 aromatic heterocycles. The number of aromatic nitrogens is 2. The third kappa shape index (κ3) is 2.99. The molecule has 2 rings (SSSR count). The lowest BCUT2D eigenvalue weighted by Crippen LogP contribution is -2.00. The first kappa shape index (κ1) is 11.0. The van der Waals surface area contributed by atoms with Crippen molar-refractivity contribution in [2.45, 2.75) is 6.54 Å². The van der Waals surface area contributed by atoms with Crippen LogP contribution in [0, 0.1) is 0 Å². The number of hydrogen-bond acceptors (Lipinski definition) is 4. The Morgan fingerprint density at radius 3 is 2.93 bits per heavy atom. The largest absolute Gasteiger partial charge is 0.364 e. The Bertz CT molecular complexity index is 458.